The lowest BCUT2D eigenvalue weighted by atomic mass is 10.1. The Morgan fingerprint density at radius 3 is 1.27 bits per heavy atom. The molecule has 0 radical (unpaired) electrons. The molecule has 0 spiro atoms. The zero-order valence-corrected chi connectivity index (χ0v) is 29.7. The highest BCUT2D eigenvalue weighted by atomic mass is 15.3. The van der Waals surface area contributed by atoms with Gasteiger partial charge in [0.05, 0.1) is 68.5 Å². The van der Waals surface area contributed by atoms with Crippen molar-refractivity contribution in [3.8, 4) is 0 Å². The van der Waals surface area contributed by atoms with E-state index in [1.807, 2.05) is 0 Å². The summed E-state index contributed by atoms with van der Waals surface area (Å²) in [7, 11) is 13.7. The number of nitrogens with zero attached hydrogens (tertiary/aromatic N) is 6. The van der Waals surface area contributed by atoms with Crippen LogP contribution in [0.2, 0.25) is 0 Å². The summed E-state index contributed by atoms with van der Waals surface area (Å²) < 4.78 is 11.8. The lowest BCUT2D eigenvalue weighted by Gasteiger charge is -2.23. The Kier molecular flexibility index (Phi) is 8.57. The van der Waals surface area contributed by atoms with Gasteiger partial charge in [-0.1, -0.05) is 66.7 Å². The van der Waals surface area contributed by atoms with E-state index < -0.39 is 0 Å². The molecular formula is C42H52N6+4. The van der Waals surface area contributed by atoms with E-state index in [9.17, 15) is 0 Å². The third-order valence-corrected chi connectivity index (χ3v) is 9.63. The number of imidazole rings is 2. The summed E-state index contributed by atoms with van der Waals surface area (Å²) >= 11 is 0. The molecule has 2 aromatic heterocycles. The van der Waals surface area contributed by atoms with Gasteiger partial charge in [0.15, 0.2) is 22.1 Å². The molecule has 48 heavy (non-hydrogen) atoms. The predicted molar refractivity (Wildman–Crippen MR) is 199 cm³/mol. The van der Waals surface area contributed by atoms with Crippen LogP contribution in [0, 0.1) is 0 Å². The van der Waals surface area contributed by atoms with Crippen LogP contribution >= 0.6 is 0 Å². The summed E-state index contributed by atoms with van der Waals surface area (Å²) in [5, 5.41) is 5.18. The number of hydrogen-bond acceptors (Lipinski definition) is 0. The molecule has 0 atom stereocenters. The molecule has 5 aromatic carbocycles. The quantitative estimate of drug-likeness (QED) is 0.104. The van der Waals surface area contributed by atoms with E-state index in [1.165, 1.54) is 54.7 Å². The summed E-state index contributed by atoms with van der Waals surface area (Å²) in [6.07, 6.45) is 6.97. The van der Waals surface area contributed by atoms with Crippen LogP contribution in [0.15, 0.2) is 110 Å². The highest BCUT2D eigenvalue weighted by molar-refractivity contribution is 5.95. The second kappa shape index (κ2) is 12.8. The minimum atomic E-state index is 0.840. The molecular weight excluding hydrogens is 589 g/mol. The highest BCUT2D eigenvalue weighted by Crippen LogP contribution is 2.24. The third kappa shape index (κ3) is 7.15. The maximum atomic E-state index is 2.47. The molecule has 0 saturated heterocycles. The van der Waals surface area contributed by atoms with Crippen molar-refractivity contribution in [2.24, 2.45) is 0 Å². The number of rotatable bonds is 12. The third-order valence-electron chi connectivity index (χ3n) is 9.63. The maximum absolute atomic E-state index is 2.47. The molecule has 0 amide bonds. The zero-order valence-electron chi connectivity index (χ0n) is 29.7. The Morgan fingerprint density at radius 1 is 0.479 bits per heavy atom. The standard InChI is InChI=1S/C42H52N6/c1-47(2,3)22-12-20-43-31-45(41-27-37-18-9-7-16-35(37)25-39(41)43)29-33-14-11-15-34(24-33)30-46-32-44(21-13-23-48(4,5)6)40-26-36-17-8-10-19-38(36)28-42(40)46/h7-11,14-19,24-28,31-32H,12-13,20-23,29-30H2,1-6H3/q+4. The van der Waals surface area contributed by atoms with Gasteiger partial charge < -0.3 is 8.97 Å². The van der Waals surface area contributed by atoms with E-state index in [1.54, 1.807) is 0 Å². The lowest BCUT2D eigenvalue weighted by molar-refractivity contribution is -0.870. The molecule has 246 valence electrons. The number of aryl methyl sites for hydroxylation is 2. The van der Waals surface area contributed by atoms with Gasteiger partial charge in [0.1, 0.15) is 13.1 Å². The molecule has 0 aliphatic carbocycles. The number of benzene rings is 5. The van der Waals surface area contributed by atoms with Crippen LogP contribution in [0.25, 0.3) is 43.6 Å². The molecule has 0 aliphatic heterocycles. The van der Waals surface area contributed by atoms with Gasteiger partial charge in [-0.2, -0.15) is 0 Å². The molecule has 6 heteroatoms. The van der Waals surface area contributed by atoms with Crippen LogP contribution in [0.4, 0.5) is 0 Å². The summed E-state index contributed by atoms with van der Waals surface area (Å²) in [5.74, 6) is 0. The van der Waals surface area contributed by atoms with Crippen LogP contribution in [0.1, 0.15) is 24.0 Å². The van der Waals surface area contributed by atoms with Crippen molar-refractivity contribution in [3.63, 3.8) is 0 Å². The highest BCUT2D eigenvalue weighted by Gasteiger charge is 2.21. The van der Waals surface area contributed by atoms with Gasteiger partial charge in [0.2, 0.25) is 12.7 Å². The van der Waals surface area contributed by atoms with Crippen LogP contribution in [0.3, 0.4) is 0 Å². The normalized spacial score (nSPS) is 12.6. The van der Waals surface area contributed by atoms with Crippen molar-refractivity contribution in [3.05, 3.63) is 121 Å². The largest absolute Gasteiger partial charge is 0.331 e. The van der Waals surface area contributed by atoms with E-state index in [0.717, 1.165) is 61.1 Å². The first kappa shape index (κ1) is 32.0. The van der Waals surface area contributed by atoms with Crippen molar-refractivity contribution in [1.29, 1.82) is 0 Å². The second-order valence-corrected chi connectivity index (χ2v) is 15.8. The average Bonchev–Trinajstić information content (AvgIpc) is 3.54. The molecule has 7 aromatic rings. The molecule has 0 aliphatic rings. The van der Waals surface area contributed by atoms with Crippen LogP contribution in [-0.4, -0.2) is 73.5 Å². The predicted octanol–water partition coefficient (Wildman–Crippen LogP) is 6.77. The number of quaternary nitrogens is 2. The van der Waals surface area contributed by atoms with Gasteiger partial charge in [-0.15, -0.1) is 0 Å². The first-order valence-electron chi connectivity index (χ1n) is 17.5. The van der Waals surface area contributed by atoms with Gasteiger partial charge in [0.25, 0.3) is 0 Å². The fraction of sp³-hybridized carbons (Fsp3) is 0.333. The van der Waals surface area contributed by atoms with E-state index >= 15 is 0 Å². The number of hydrogen-bond donors (Lipinski definition) is 0. The summed E-state index contributed by atoms with van der Waals surface area (Å²) in [6.45, 7) is 6.01. The molecule has 7 rings (SSSR count). The van der Waals surface area contributed by atoms with Gasteiger partial charge >= 0.3 is 0 Å². The Morgan fingerprint density at radius 2 is 0.875 bits per heavy atom. The van der Waals surface area contributed by atoms with E-state index in [4.69, 9.17) is 0 Å². The molecule has 0 bridgehead atoms. The summed E-state index contributed by atoms with van der Waals surface area (Å²) in [4.78, 5) is 0. The summed E-state index contributed by atoms with van der Waals surface area (Å²) in [6, 6.07) is 36.2. The molecule has 0 N–H and O–H groups in total. The number of fused-ring (bicyclic) bond motifs is 4. The van der Waals surface area contributed by atoms with E-state index in [2.05, 4.69) is 170 Å². The fourth-order valence-electron chi connectivity index (χ4n) is 7.20. The second-order valence-electron chi connectivity index (χ2n) is 15.8. The van der Waals surface area contributed by atoms with Crippen LogP contribution < -0.4 is 9.13 Å². The monoisotopic (exact) mass is 640 g/mol. The molecule has 0 unspecified atom stereocenters. The van der Waals surface area contributed by atoms with Crippen LogP contribution in [0.5, 0.6) is 0 Å². The smallest absolute Gasteiger partial charge is 0.245 e. The van der Waals surface area contributed by atoms with Gasteiger partial charge in [-0.3, -0.25) is 0 Å². The van der Waals surface area contributed by atoms with Gasteiger partial charge in [-0.05, 0) is 63.0 Å². The van der Waals surface area contributed by atoms with Crippen molar-refractivity contribution >= 4 is 43.6 Å². The Hall–Kier alpha value is -4.52. The minimum absolute atomic E-state index is 0.840. The van der Waals surface area contributed by atoms with Crippen molar-refractivity contribution in [2.75, 3.05) is 55.4 Å². The lowest BCUT2D eigenvalue weighted by Crippen LogP contribution is -2.36. The van der Waals surface area contributed by atoms with Gasteiger partial charge in [0, 0.05) is 12.8 Å². The Balaban J connectivity index is 1.20. The Labute approximate surface area is 285 Å². The SMILES string of the molecule is C[N+](C)(C)CCCn1c[n+](Cc2cccc(C[n+]3cn(CCC[N+](C)(C)C)c4cc5ccccc5cc43)c2)c2cc3ccccc3cc21. The molecule has 6 nitrogen and oxygen atoms in total. The van der Waals surface area contributed by atoms with Crippen LogP contribution in [-0.2, 0) is 26.2 Å². The topological polar surface area (TPSA) is 17.6 Å². The van der Waals surface area contributed by atoms with Crippen molar-refractivity contribution in [1.82, 2.24) is 9.13 Å². The van der Waals surface area contributed by atoms with E-state index in [0.29, 0.717) is 0 Å². The van der Waals surface area contributed by atoms with E-state index in [-0.39, 0.29) is 0 Å². The molecule has 0 saturated carbocycles. The van der Waals surface area contributed by atoms with Crippen molar-refractivity contribution in [2.45, 2.75) is 39.0 Å². The first-order valence-corrected chi connectivity index (χ1v) is 17.5. The molecule has 2 heterocycles. The van der Waals surface area contributed by atoms with Gasteiger partial charge in [-0.25, -0.2) is 18.3 Å². The zero-order chi connectivity index (χ0) is 33.5. The summed E-state index contributed by atoms with van der Waals surface area (Å²) in [5.41, 5.74) is 7.87. The Bertz CT molecular complexity index is 2070. The molecule has 0 fully saturated rings. The number of aromatic nitrogens is 4. The fourth-order valence-corrected chi connectivity index (χ4v) is 7.20. The first-order chi connectivity index (χ1) is 23.0. The minimum Gasteiger partial charge on any atom is -0.331 e. The average molecular weight is 641 g/mol. The van der Waals surface area contributed by atoms with Crippen molar-refractivity contribution < 1.29 is 18.1 Å². The maximum Gasteiger partial charge on any atom is 0.245 e.